The van der Waals surface area contributed by atoms with Crippen molar-refractivity contribution in [3.63, 3.8) is 0 Å². The fourth-order valence-corrected chi connectivity index (χ4v) is 2.32. The van der Waals surface area contributed by atoms with Crippen LogP contribution in [0.15, 0.2) is 30.3 Å². The van der Waals surface area contributed by atoms with Gasteiger partial charge < -0.3 is 10.4 Å². The van der Waals surface area contributed by atoms with Crippen molar-refractivity contribution in [2.24, 2.45) is 0 Å². The summed E-state index contributed by atoms with van der Waals surface area (Å²) >= 11 is 1.14. The van der Waals surface area contributed by atoms with Crippen molar-refractivity contribution in [1.29, 1.82) is 0 Å². The molecule has 0 bridgehead atoms. The summed E-state index contributed by atoms with van der Waals surface area (Å²) in [5, 5.41) is 11.1. The van der Waals surface area contributed by atoms with Crippen LogP contribution >= 0.6 is 11.8 Å². The van der Waals surface area contributed by atoms with Crippen LogP contribution in [0.3, 0.4) is 0 Å². The highest BCUT2D eigenvalue weighted by atomic mass is 32.2. The topological polar surface area (TPSA) is 66.4 Å². The minimum atomic E-state index is -0.889. The molecule has 110 valence electrons. The van der Waals surface area contributed by atoms with Crippen LogP contribution in [0.4, 0.5) is 0 Å². The second-order valence-corrected chi connectivity index (χ2v) is 6.11. The lowest BCUT2D eigenvalue weighted by atomic mass is 10.1. The van der Waals surface area contributed by atoms with E-state index in [2.05, 4.69) is 17.4 Å². The number of carbonyl (C=O) groups excluding carboxylic acids is 1. The normalized spacial score (nSPS) is 13.5. The van der Waals surface area contributed by atoms with Gasteiger partial charge >= 0.3 is 5.97 Å². The molecule has 0 fully saturated rings. The summed E-state index contributed by atoms with van der Waals surface area (Å²) in [6, 6.07) is 10.2. The van der Waals surface area contributed by atoms with Crippen molar-refractivity contribution in [3.8, 4) is 0 Å². The highest BCUT2D eigenvalue weighted by molar-refractivity contribution is 8.01. The maximum absolute atomic E-state index is 11.7. The molecular formula is C15H21NO3S. The van der Waals surface area contributed by atoms with Crippen LogP contribution in [-0.4, -0.2) is 34.0 Å². The summed E-state index contributed by atoms with van der Waals surface area (Å²) in [4.78, 5) is 22.3. The monoisotopic (exact) mass is 295 g/mol. The van der Waals surface area contributed by atoms with Gasteiger partial charge in [-0.15, -0.1) is 11.8 Å². The summed E-state index contributed by atoms with van der Waals surface area (Å²) in [7, 11) is 0. The lowest BCUT2D eigenvalue weighted by Gasteiger charge is -2.14. The fraction of sp³-hybridized carbons (Fsp3) is 0.467. The lowest BCUT2D eigenvalue weighted by molar-refractivity contribution is -0.136. The second-order valence-electron chi connectivity index (χ2n) is 4.78. The van der Waals surface area contributed by atoms with Crippen LogP contribution in [0.2, 0.25) is 0 Å². The van der Waals surface area contributed by atoms with Crippen molar-refractivity contribution in [3.05, 3.63) is 35.9 Å². The minimum Gasteiger partial charge on any atom is -0.480 e. The Bertz CT molecular complexity index is 436. The number of carboxylic acids is 1. The zero-order chi connectivity index (χ0) is 15.0. The van der Waals surface area contributed by atoms with Gasteiger partial charge in [-0.2, -0.15) is 0 Å². The van der Waals surface area contributed by atoms with E-state index in [9.17, 15) is 9.59 Å². The third-order valence-electron chi connectivity index (χ3n) is 2.93. The average Bonchev–Trinajstić information content (AvgIpc) is 2.43. The van der Waals surface area contributed by atoms with E-state index < -0.39 is 11.2 Å². The molecule has 2 N–H and O–H groups in total. The van der Waals surface area contributed by atoms with E-state index in [-0.39, 0.29) is 17.7 Å². The third kappa shape index (κ3) is 6.61. The van der Waals surface area contributed by atoms with Gasteiger partial charge in [0.05, 0.1) is 11.0 Å². The molecule has 4 nitrogen and oxygen atoms in total. The van der Waals surface area contributed by atoms with Crippen LogP contribution < -0.4 is 5.32 Å². The van der Waals surface area contributed by atoms with E-state index in [4.69, 9.17) is 5.11 Å². The molecule has 0 heterocycles. The van der Waals surface area contributed by atoms with Gasteiger partial charge in [0.15, 0.2) is 0 Å². The van der Waals surface area contributed by atoms with Crippen molar-refractivity contribution < 1.29 is 14.7 Å². The van der Waals surface area contributed by atoms with E-state index in [0.29, 0.717) is 0 Å². The zero-order valence-corrected chi connectivity index (χ0v) is 12.7. The molecule has 0 saturated carbocycles. The van der Waals surface area contributed by atoms with Gasteiger partial charge in [-0.3, -0.25) is 9.59 Å². The van der Waals surface area contributed by atoms with Crippen molar-refractivity contribution >= 4 is 23.6 Å². The Balaban J connectivity index is 2.23. The van der Waals surface area contributed by atoms with Gasteiger partial charge in [-0.25, -0.2) is 0 Å². The zero-order valence-electron chi connectivity index (χ0n) is 11.8. The van der Waals surface area contributed by atoms with Gasteiger partial charge in [0.25, 0.3) is 0 Å². The first-order valence-corrected chi connectivity index (χ1v) is 7.71. The van der Waals surface area contributed by atoms with Crippen LogP contribution in [0.25, 0.3) is 0 Å². The molecule has 2 atom stereocenters. The molecule has 1 rings (SSSR count). The second kappa shape index (κ2) is 8.64. The number of aryl methyl sites for hydroxylation is 1. The van der Waals surface area contributed by atoms with E-state index in [1.54, 1.807) is 6.92 Å². The molecule has 1 amide bonds. The summed E-state index contributed by atoms with van der Waals surface area (Å²) in [5.41, 5.74) is 1.25. The highest BCUT2D eigenvalue weighted by Gasteiger charge is 2.14. The van der Waals surface area contributed by atoms with Gasteiger partial charge in [-0.05, 0) is 32.3 Å². The largest absolute Gasteiger partial charge is 0.480 e. The Hall–Kier alpha value is -1.49. The number of hydrogen-bond acceptors (Lipinski definition) is 3. The van der Waals surface area contributed by atoms with E-state index in [0.717, 1.165) is 24.6 Å². The number of carboxylic acid groups (broad SMARTS) is 1. The molecule has 5 heteroatoms. The van der Waals surface area contributed by atoms with Crippen molar-refractivity contribution in [2.45, 2.75) is 38.0 Å². The standard InChI is InChI=1S/C15H21NO3S/c1-11(8-9-13-6-4-3-5-7-13)16-14(17)10-20-12(2)15(18)19/h3-7,11-12H,8-10H2,1-2H3,(H,16,17)(H,18,19)/t11-,12+/m1/s1. The first kappa shape index (κ1) is 16.6. The molecule has 0 spiro atoms. The lowest BCUT2D eigenvalue weighted by Crippen LogP contribution is -2.34. The molecule has 0 aliphatic heterocycles. The van der Waals surface area contributed by atoms with Gasteiger partial charge in [0, 0.05) is 6.04 Å². The Labute approximate surface area is 124 Å². The molecule has 0 aliphatic carbocycles. The maximum Gasteiger partial charge on any atom is 0.316 e. The molecule has 0 saturated heterocycles. The number of benzene rings is 1. The van der Waals surface area contributed by atoms with Gasteiger partial charge in [0.2, 0.25) is 5.91 Å². The van der Waals surface area contributed by atoms with E-state index in [1.165, 1.54) is 5.56 Å². The Morgan fingerprint density at radius 1 is 1.25 bits per heavy atom. The Kier molecular flexibility index (Phi) is 7.15. The fourth-order valence-electron chi connectivity index (χ4n) is 1.69. The highest BCUT2D eigenvalue weighted by Crippen LogP contribution is 2.10. The smallest absolute Gasteiger partial charge is 0.316 e. The third-order valence-corrected chi connectivity index (χ3v) is 4.06. The Morgan fingerprint density at radius 3 is 2.50 bits per heavy atom. The molecule has 1 aromatic rings. The predicted octanol–water partition coefficient (Wildman–Crippen LogP) is 2.33. The number of nitrogens with one attached hydrogen (secondary N) is 1. The van der Waals surface area contributed by atoms with Crippen LogP contribution in [-0.2, 0) is 16.0 Å². The van der Waals surface area contributed by atoms with Crippen molar-refractivity contribution in [2.75, 3.05) is 5.75 Å². The summed E-state index contributed by atoms with van der Waals surface area (Å²) in [5.74, 6) is -0.813. The van der Waals surface area contributed by atoms with E-state index in [1.807, 2.05) is 25.1 Å². The predicted molar refractivity (Wildman–Crippen MR) is 81.9 cm³/mol. The molecule has 0 aromatic heterocycles. The summed E-state index contributed by atoms with van der Waals surface area (Å²) < 4.78 is 0. The number of hydrogen-bond donors (Lipinski definition) is 2. The first-order chi connectivity index (χ1) is 9.49. The van der Waals surface area contributed by atoms with Crippen molar-refractivity contribution in [1.82, 2.24) is 5.32 Å². The average molecular weight is 295 g/mol. The molecular weight excluding hydrogens is 274 g/mol. The molecule has 0 aliphatic rings. The quantitative estimate of drug-likeness (QED) is 0.772. The molecule has 20 heavy (non-hydrogen) atoms. The maximum atomic E-state index is 11.7. The number of amides is 1. The number of thioether (sulfide) groups is 1. The SMILES string of the molecule is C[C@H](CCc1ccccc1)NC(=O)CS[C@@H](C)C(=O)O. The first-order valence-electron chi connectivity index (χ1n) is 6.66. The molecule has 0 radical (unpaired) electrons. The van der Waals surface area contributed by atoms with Gasteiger partial charge in [0.1, 0.15) is 0 Å². The number of carbonyl (C=O) groups is 2. The number of aliphatic carboxylic acids is 1. The van der Waals surface area contributed by atoms with Gasteiger partial charge in [-0.1, -0.05) is 30.3 Å². The van der Waals surface area contributed by atoms with Crippen LogP contribution in [0, 0.1) is 0 Å². The summed E-state index contributed by atoms with van der Waals surface area (Å²) in [6.45, 7) is 3.55. The molecule has 1 aromatic carbocycles. The van der Waals surface area contributed by atoms with E-state index >= 15 is 0 Å². The van der Waals surface area contributed by atoms with Crippen LogP contribution in [0.5, 0.6) is 0 Å². The molecule has 0 unspecified atom stereocenters. The van der Waals surface area contributed by atoms with Crippen LogP contribution in [0.1, 0.15) is 25.8 Å². The minimum absolute atomic E-state index is 0.0865. The Morgan fingerprint density at radius 2 is 1.90 bits per heavy atom. The summed E-state index contributed by atoms with van der Waals surface area (Å²) in [6.07, 6.45) is 1.79. The number of rotatable bonds is 8.